The van der Waals surface area contributed by atoms with Crippen molar-refractivity contribution in [1.29, 1.82) is 0 Å². The summed E-state index contributed by atoms with van der Waals surface area (Å²) in [5.74, 6) is -2.08. The first-order chi connectivity index (χ1) is 6.49. The van der Waals surface area contributed by atoms with Crippen LogP contribution in [-0.4, -0.2) is 29.1 Å². The van der Waals surface area contributed by atoms with E-state index in [-0.39, 0.29) is 12.2 Å². The van der Waals surface area contributed by atoms with E-state index in [1.54, 1.807) is 6.08 Å². The van der Waals surface area contributed by atoms with Crippen molar-refractivity contribution in [2.24, 2.45) is 5.92 Å². The quantitative estimate of drug-likeness (QED) is 0.642. The molecule has 0 aromatic heterocycles. The van der Waals surface area contributed by atoms with E-state index in [0.29, 0.717) is 0 Å². The molecule has 3 atom stereocenters. The average molecular weight is 198 g/mol. The van der Waals surface area contributed by atoms with E-state index in [2.05, 4.69) is 0 Å². The van der Waals surface area contributed by atoms with Gasteiger partial charge in [-0.1, -0.05) is 12.2 Å². The molecule has 0 bridgehead atoms. The second-order valence-electron chi connectivity index (χ2n) is 4.17. The summed E-state index contributed by atoms with van der Waals surface area (Å²) in [5.41, 5.74) is 0. The largest absolute Gasteiger partial charge is 0.481 e. The summed E-state index contributed by atoms with van der Waals surface area (Å²) in [6, 6.07) is 0. The second-order valence-corrected chi connectivity index (χ2v) is 4.17. The smallest absolute Gasteiger partial charge is 0.313 e. The minimum Gasteiger partial charge on any atom is -0.481 e. The van der Waals surface area contributed by atoms with E-state index in [1.165, 1.54) is 0 Å². The molecule has 1 N–H and O–H groups in total. The molecule has 1 aliphatic carbocycles. The zero-order valence-corrected chi connectivity index (χ0v) is 8.27. The predicted molar refractivity (Wildman–Crippen MR) is 48.7 cm³/mol. The predicted octanol–water partition coefficient (Wildman–Crippen LogP) is 1.17. The average Bonchev–Trinajstić information content (AvgIpc) is 2.36. The van der Waals surface area contributed by atoms with Crippen molar-refractivity contribution in [2.45, 2.75) is 38.3 Å². The molecule has 2 rings (SSSR count). The Labute approximate surface area is 82.5 Å². The molecule has 4 heteroatoms. The monoisotopic (exact) mass is 198 g/mol. The van der Waals surface area contributed by atoms with Gasteiger partial charge >= 0.3 is 5.97 Å². The van der Waals surface area contributed by atoms with Gasteiger partial charge in [0, 0.05) is 0 Å². The van der Waals surface area contributed by atoms with E-state index in [1.807, 2.05) is 19.9 Å². The molecule has 3 unspecified atom stereocenters. The fraction of sp³-hybridized carbons (Fsp3) is 0.700. The summed E-state index contributed by atoms with van der Waals surface area (Å²) in [6.07, 6.45) is 3.82. The van der Waals surface area contributed by atoms with E-state index < -0.39 is 17.7 Å². The third kappa shape index (κ3) is 1.55. The van der Waals surface area contributed by atoms with Gasteiger partial charge in [-0.05, 0) is 20.3 Å². The molecule has 0 amide bonds. The number of aliphatic carboxylic acids is 1. The van der Waals surface area contributed by atoms with Crippen LogP contribution in [0.3, 0.4) is 0 Å². The van der Waals surface area contributed by atoms with Crippen molar-refractivity contribution in [3.63, 3.8) is 0 Å². The molecule has 0 aromatic rings. The summed E-state index contributed by atoms with van der Waals surface area (Å²) < 4.78 is 11.2. The Morgan fingerprint density at radius 3 is 2.86 bits per heavy atom. The normalized spacial score (nSPS) is 39.4. The second kappa shape index (κ2) is 3.07. The number of rotatable bonds is 1. The van der Waals surface area contributed by atoms with Crippen molar-refractivity contribution < 1.29 is 19.4 Å². The Kier molecular flexibility index (Phi) is 2.12. The molecule has 1 heterocycles. The SMILES string of the molecule is CC1(C)OC2CC=CC(C(=O)O)C2O1. The first-order valence-corrected chi connectivity index (χ1v) is 4.75. The molecule has 2 aliphatic rings. The number of fused-ring (bicyclic) bond motifs is 1. The summed E-state index contributed by atoms with van der Waals surface area (Å²) in [6.45, 7) is 3.62. The molecule has 78 valence electrons. The van der Waals surface area contributed by atoms with Crippen LogP contribution in [0.4, 0.5) is 0 Å². The molecule has 14 heavy (non-hydrogen) atoms. The van der Waals surface area contributed by atoms with Crippen LogP contribution < -0.4 is 0 Å². The van der Waals surface area contributed by atoms with Crippen LogP contribution in [0.5, 0.6) is 0 Å². The lowest BCUT2D eigenvalue weighted by Crippen LogP contribution is -2.37. The Bertz CT molecular complexity index is 282. The highest BCUT2D eigenvalue weighted by molar-refractivity contribution is 5.73. The van der Waals surface area contributed by atoms with Crippen molar-refractivity contribution in [3.8, 4) is 0 Å². The van der Waals surface area contributed by atoms with Crippen LogP contribution in [0.2, 0.25) is 0 Å². The number of ether oxygens (including phenoxy) is 2. The highest BCUT2D eigenvalue weighted by Crippen LogP contribution is 2.36. The molecule has 1 fully saturated rings. The van der Waals surface area contributed by atoms with Crippen molar-refractivity contribution in [1.82, 2.24) is 0 Å². The molecule has 1 aliphatic heterocycles. The number of carboxylic acids is 1. The van der Waals surface area contributed by atoms with Crippen LogP contribution in [0.25, 0.3) is 0 Å². The van der Waals surface area contributed by atoms with Crippen molar-refractivity contribution >= 4 is 5.97 Å². The maximum Gasteiger partial charge on any atom is 0.313 e. The zero-order valence-electron chi connectivity index (χ0n) is 8.27. The van der Waals surface area contributed by atoms with Crippen LogP contribution in [0.1, 0.15) is 20.3 Å². The molecule has 1 saturated heterocycles. The van der Waals surface area contributed by atoms with Gasteiger partial charge in [-0.15, -0.1) is 0 Å². The van der Waals surface area contributed by atoms with Crippen LogP contribution in [-0.2, 0) is 14.3 Å². The lowest BCUT2D eigenvalue weighted by Gasteiger charge is -2.23. The van der Waals surface area contributed by atoms with E-state index in [4.69, 9.17) is 14.6 Å². The van der Waals surface area contributed by atoms with Crippen LogP contribution >= 0.6 is 0 Å². The Hall–Kier alpha value is -0.870. The summed E-state index contributed by atoms with van der Waals surface area (Å²) >= 11 is 0. The molecule has 4 nitrogen and oxygen atoms in total. The van der Waals surface area contributed by atoms with E-state index in [0.717, 1.165) is 6.42 Å². The van der Waals surface area contributed by atoms with Gasteiger partial charge in [0.1, 0.15) is 12.0 Å². The lowest BCUT2D eigenvalue weighted by atomic mass is 9.91. The third-order valence-corrected chi connectivity index (χ3v) is 2.57. The Morgan fingerprint density at radius 2 is 2.21 bits per heavy atom. The minimum atomic E-state index is -0.850. The lowest BCUT2D eigenvalue weighted by molar-refractivity contribution is -0.157. The molecule has 0 spiro atoms. The zero-order chi connectivity index (χ0) is 10.3. The highest BCUT2D eigenvalue weighted by atomic mass is 16.8. The van der Waals surface area contributed by atoms with Crippen molar-refractivity contribution in [2.75, 3.05) is 0 Å². The number of carboxylic acid groups (broad SMARTS) is 1. The molecule has 0 saturated carbocycles. The van der Waals surface area contributed by atoms with Gasteiger partial charge < -0.3 is 14.6 Å². The fourth-order valence-corrected chi connectivity index (χ4v) is 2.04. The topological polar surface area (TPSA) is 55.8 Å². The third-order valence-electron chi connectivity index (χ3n) is 2.57. The van der Waals surface area contributed by atoms with Gasteiger partial charge in [0.05, 0.1) is 6.10 Å². The first kappa shape index (κ1) is 9.68. The molecular weight excluding hydrogens is 184 g/mol. The number of carbonyl (C=O) groups is 1. The summed E-state index contributed by atoms with van der Waals surface area (Å²) in [4.78, 5) is 10.9. The van der Waals surface area contributed by atoms with Gasteiger partial charge in [-0.25, -0.2) is 0 Å². The van der Waals surface area contributed by atoms with E-state index in [9.17, 15) is 4.79 Å². The van der Waals surface area contributed by atoms with E-state index >= 15 is 0 Å². The van der Waals surface area contributed by atoms with Crippen LogP contribution in [0.15, 0.2) is 12.2 Å². The Morgan fingerprint density at radius 1 is 1.50 bits per heavy atom. The standard InChI is InChI=1S/C10H14O4/c1-10(2)13-7-5-3-4-6(9(11)12)8(7)14-10/h3-4,6-8H,5H2,1-2H3,(H,11,12). The van der Waals surface area contributed by atoms with Gasteiger partial charge in [-0.2, -0.15) is 0 Å². The summed E-state index contributed by atoms with van der Waals surface area (Å²) in [5, 5.41) is 8.97. The van der Waals surface area contributed by atoms with Gasteiger partial charge in [0.25, 0.3) is 0 Å². The Balaban J connectivity index is 2.20. The number of hydrogen-bond donors (Lipinski definition) is 1. The maximum absolute atomic E-state index is 10.9. The van der Waals surface area contributed by atoms with Gasteiger partial charge in [0.2, 0.25) is 0 Å². The maximum atomic E-state index is 10.9. The molecule has 0 aromatic carbocycles. The summed E-state index contributed by atoms with van der Waals surface area (Å²) in [7, 11) is 0. The van der Waals surface area contributed by atoms with Crippen LogP contribution in [0, 0.1) is 5.92 Å². The first-order valence-electron chi connectivity index (χ1n) is 4.75. The minimum absolute atomic E-state index is 0.115. The van der Waals surface area contributed by atoms with Crippen molar-refractivity contribution in [3.05, 3.63) is 12.2 Å². The van der Waals surface area contributed by atoms with Gasteiger partial charge in [-0.3, -0.25) is 4.79 Å². The van der Waals surface area contributed by atoms with Gasteiger partial charge in [0.15, 0.2) is 5.79 Å². The fourth-order valence-electron chi connectivity index (χ4n) is 2.04. The number of hydrogen-bond acceptors (Lipinski definition) is 3. The molecule has 0 radical (unpaired) electrons. The highest BCUT2D eigenvalue weighted by Gasteiger charge is 2.47. The molecular formula is C10H14O4.